The van der Waals surface area contributed by atoms with E-state index >= 15 is 0 Å². The second-order valence-corrected chi connectivity index (χ2v) is 7.78. The first-order valence-electron chi connectivity index (χ1n) is 6.52. The molecule has 0 amide bonds. The van der Waals surface area contributed by atoms with Crippen LogP contribution >= 0.6 is 15.9 Å². The predicted molar refractivity (Wildman–Crippen MR) is 73.9 cm³/mol. The lowest BCUT2D eigenvalue weighted by Gasteiger charge is -2.17. The Morgan fingerprint density at radius 2 is 1.95 bits per heavy atom. The van der Waals surface area contributed by atoms with Crippen LogP contribution in [0.25, 0.3) is 0 Å². The summed E-state index contributed by atoms with van der Waals surface area (Å²) in [5.41, 5.74) is 5.46. The molecule has 0 aromatic carbocycles. The van der Waals surface area contributed by atoms with Crippen LogP contribution in [0.15, 0.2) is 20.0 Å². The molecule has 2 fully saturated rings. The molecule has 0 bridgehead atoms. The number of nitrogens with one attached hydrogen (secondary N) is 1. The summed E-state index contributed by atoms with van der Waals surface area (Å²) in [7, 11) is -3.54. The molecule has 3 rings (SSSR count). The van der Waals surface area contributed by atoms with E-state index in [1.807, 2.05) is 0 Å². The normalized spacial score (nSPS) is 20.2. The molecule has 7 heteroatoms. The molecule has 2 aliphatic rings. The third-order valence-corrected chi connectivity index (χ3v) is 6.06. The first kappa shape index (κ1) is 13.6. The number of halogens is 1. The van der Waals surface area contributed by atoms with E-state index in [1.165, 1.54) is 6.07 Å². The maximum Gasteiger partial charge on any atom is 0.245 e. The summed E-state index contributed by atoms with van der Waals surface area (Å²) in [5.74, 6) is 1.49. The van der Waals surface area contributed by atoms with Gasteiger partial charge in [0.05, 0.1) is 6.54 Å². The largest absolute Gasteiger partial charge is 0.452 e. The maximum absolute atomic E-state index is 12.4. The van der Waals surface area contributed by atoms with Crippen molar-refractivity contribution < 1.29 is 12.8 Å². The fourth-order valence-corrected chi connectivity index (χ4v) is 4.78. The average Bonchev–Trinajstić information content (AvgIpc) is 3.24. The van der Waals surface area contributed by atoms with Crippen LogP contribution < -0.4 is 10.5 Å². The minimum Gasteiger partial charge on any atom is -0.452 e. The minimum absolute atomic E-state index is 0.0909. The molecule has 19 heavy (non-hydrogen) atoms. The first-order chi connectivity index (χ1) is 9.01. The molecule has 0 aliphatic heterocycles. The van der Waals surface area contributed by atoms with Gasteiger partial charge in [-0.2, -0.15) is 0 Å². The molecule has 2 saturated carbocycles. The maximum atomic E-state index is 12.4. The van der Waals surface area contributed by atoms with E-state index in [0.717, 1.165) is 25.7 Å². The van der Waals surface area contributed by atoms with Crippen molar-refractivity contribution in [1.82, 2.24) is 4.72 Å². The monoisotopic (exact) mass is 348 g/mol. The Hall–Kier alpha value is -0.370. The number of rotatable bonds is 6. The molecule has 0 saturated heterocycles. The Morgan fingerprint density at radius 1 is 1.37 bits per heavy atom. The Balaban J connectivity index is 1.82. The van der Waals surface area contributed by atoms with Gasteiger partial charge in [0.1, 0.15) is 10.7 Å². The molecule has 1 aromatic heterocycles. The van der Waals surface area contributed by atoms with Gasteiger partial charge >= 0.3 is 0 Å². The van der Waals surface area contributed by atoms with Gasteiger partial charge in [0.25, 0.3) is 0 Å². The predicted octanol–water partition coefficient (Wildman–Crippen LogP) is 1.97. The zero-order chi connectivity index (χ0) is 13.6. The molecule has 0 unspecified atom stereocenters. The van der Waals surface area contributed by atoms with Gasteiger partial charge in [0, 0.05) is 12.1 Å². The van der Waals surface area contributed by atoms with Crippen LogP contribution in [0.2, 0.25) is 0 Å². The third-order valence-electron chi connectivity index (χ3n) is 3.75. The lowest BCUT2D eigenvalue weighted by Crippen LogP contribution is -2.38. The van der Waals surface area contributed by atoms with E-state index in [1.54, 1.807) is 0 Å². The SMILES string of the molecule is NCc1cc(S(=O)(=O)NC(C2CC2)C2CC2)c(Br)o1. The van der Waals surface area contributed by atoms with E-state index in [9.17, 15) is 8.42 Å². The van der Waals surface area contributed by atoms with E-state index in [-0.39, 0.29) is 22.2 Å². The standard InChI is InChI=1S/C12H17BrN2O3S/c13-12-10(5-9(6-14)18-12)19(16,17)15-11(7-1-2-7)8-3-4-8/h5,7-8,11,15H,1-4,6,14H2. The minimum atomic E-state index is -3.54. The molecular formula is C12H17BrN2O3S. The van der Waals surface area contributed by atoms with E-state index in [2.05, 4.69) is 20.7 Å². The van der Waals surface area contributed by atoms with Gasteiger partial charge in [0.2, 0.25) is 10.0 Å². The number of nitrogens with two attached hydrogens (primary N) is 1. The number of hydrogen-bond acceptors (Lipinski definition) is 4. The molecular weight excluding hydrogens is 332 g/mol. The number of furan rings is 1. The first-order valence-corrected chi connectivity index (χ1v) is 8.79. The fraction of sp³-hybridized carbons (Fsp3) is 0.667. The van der Waals surface area contributed by atoms with Gasteiger partial charge in [-0.05, 0) is 53.4 Å². The van der Waals surface area contributed by atoms with E-state index in [0.29, 0.717) is 17.6 Å². The second-order valence-electron chi connectivity index (χ2n) is 5.38. The van der Waals surface area contributed by atoms with Gasteiger partial charge < -0.3 is 10.2 Å². The van der Waals surface area contributed by atoms with Crippen molar-refractivity contribution in [1.29, 1.82) is 0 Å². The van der Waals surface area contributed by atoms with Gasteiger partial charge in [0.15, 0.2) is 4.67 Å². The zero-order valence-corrected chi connectivity index (χ0v) is 12.8. The van der Waals surface area contributed by atoms with Crippen molar-refractivity contribution in [3.8, 4) is 0 Å². The average molecular weight is 349 g/mol. The van der Waals surface area contributed by atoms with Crippen LogP contribution in [-0.2, 0) is 16.6 Å². The molecule has 106 valence electrons. The van der Waals surface area contributed by atoms with Crippen molar-refractivity contribution in [2.75, 3.05) is 0 Å². The van der Waals surface area contributed by atoms with Gasteiger partial charge in [-0.25, -0.2) is 13.1 Å². The van der Waals surface area contributed by atoms with Crippen molar-refractivity contribution in [3.63, 3.8) is 0 Å². The Morgan fingerprint density at radius 3 is 2.37 bits per heavy atom. The summed E-state index contributed by atoms with van der Waals surface area (Å²) in [6, 6.07) is 1.58. The number of sulfonamides is 1. The molecule has 2 aliphatic carbocycles. The molecule has 5 nitrogen and oxygen atoms in total. The van der Waals surface area contributed by atoms with Crippen LogP contribution in [0.1, 0.15) is 31.4 Å². The third kappa shape index (κ3) is 2.89. The van der Waals surface area contributed by atoms with Gasteiger partial charge in [-0.15, -0.1) is 0 Å². The van der Waals surface area contributed by atoms with Crippen molar-refractivity contribution >= 4 is 26.0 Å². The second kappa shape index (κ2) is 4.87. The highest BCUT2D eigenvalue weighted by atomic mass is 79.9. The van der Waals surface area contributed by atoms with Crippen molar-refractivity contribution in [2.45, 2.75) is 43.2 Å². The van der Waals surface area contributed by atoms with Crippen molar-refractivity contribution in [3.05, 3.63) is 16.5 Å². The lowest BCUT2D eigenvalue weighted by molar-refractivity contribution is 0.466. The zero-order valence-electron chi connectivity index (χ0n) is 10.4. The Labute approximate surface area is 121 Å². The van der Waals surface area contributed by atoms with Crippen molar-refractivity contribution in [2.24, 2.45) is 17.6 Å². The number of hydrogen-bond donors (Lipinski definition) is 2. The summed E-state index contributed by atoms with van der Waals surface area (Å²) in [6.07, 6.45) is 4.52. The summed E-state index contributed by atoms with van der Waals surface area (Å²) >= 11 is 3.15. The van der Waals surface area contributed by atoms with Crippen LogP contribution in [0.4, 0.5) is 0 Å². The molecule has 1 heterocycles. The van der Waals surface area contributed by atoms with Crippen LogP contribution in [0, 0.1) is 11.8 Å². The van der Waals surface area contributed by atoms with Gasteiger partial charge in [-0.3, -0.25) is 0 Å². The smallest absolute Gasteiger partial charge is 0.245 e. The highest BCUT2D eigenvalue weighted by molar-refractivity contribution is 9.10. The van der Waals surface area contributed by atoms with Gasteiger partial charge in [-0.1, -0.05) is 0 Å². The Kier molecular flexibility index (Phi) is 3.49. The lowest BCUT2D eigenvalue weighted by atomic mass is 10.1. The van der Waals surface area contributed by atoms with E-state index in [4.69, 9.17) is 10.2 Å². The van der Waals surface area contributed by atoms with E-state index < -0.39 is 10.0 Å². The molecule has 1 aromatic rings. The van der Waals surface area contributed by atoms with Crippen LogP contribution in [-0.4, -0.2) is 14.5 Å². The Bertz CT molecular complexity index is 564. The van der Waals surface area contributed by atoms with Crippen LogP contribution in [0.5, 0.6) is 0 Å². The highest BCUT2D eigenvalue weighted by Crippen LogP contribution is 2.45. The quantitative estimate of drug-likeness (QED) is 0.822. The molecule has 0 spiro atoms. The summed E-state index contributed by atoms with van der Waals surface area (Å²) < 4.78 is 33.2. The molecule has 0 radical (unpaired) electrons. The van der Waals surface area contributed by atoms with Crippen LogP contribution in [0.3, 0.4) is 0 Å². The summed E-state index contributed by atoms with van der Waals surface area (Å²) in [4.78, 5) is 0.152. The summed E-state index contributed by atoms with van der Waals surface area (Å²) in [6.45, 7) is 0.183. The summed E-state index contributed by atoms with van der Waals surface area (Å²) in [5, 5.41) is 0. The fourth-order valence-electron chi connectivity index (χ4n) is 2.41. The molecule has 3 N–H and O–H groups in total. The topological polar surface area (TPSA) is 85.3 Å². The highest BCUT2D eigenvalue weighted by Gasteiger charge is 2.44. The molecule has 0 atom stereocenters.